The van der Waals surface area contributed by atoms with Gasteiger partial charge in [-0.2, -0.15) is 5.10 Å². The van der Waals surface area contributed by atoms with Crippen molar-refractivity contribution in [1.29, 1.82) is 0 Å². The molecule has 0 aliphatic rings. The number of hydrogen-bond acceptors (Lipinski definition) is 4. The monoisotopic (exact) mass is 436 g/mol. The molecule has 0 spiro atoms. The quantitative estimate of drug-likeness (QED) is 0.391. The molecule has 0 unspecified atom stereocenters. The van der Waals surface area contributed by atoms with Crippen molar-refractivity contribution in [2.24, 2.45) is 5.92 Å². The number of aliphatic carboxylic acids is 1. The summed E-state index contributed by atoms with van der Waals surface area (Å²) < 4.78 is 13.6. The minimum absolute atomic E-state index is 0.0473. The average Bonchev–Trinajstić information content (AvgIpc) is 3.17. The molecule has 1 N–H and O–H groups in total. The van der Waals surface area contributed by atoms with Gasteiger partial charge in [0.05, 0.1) is 31.5 Å². The number of rotatable bonds is 11. The summed E-state index contributed by atoms with van der Waals surface area (Å²) in [5, 5.41) is 14.2. The minimum atomic E-state index is -0.865. The lowest BCUT2D eigenvalue weighted by Crippen LogP contribution is -2.08. The molecule has 0 bridgehead atoms. The second kappa shape index (κ2) is 10.8. The Morgan fingerprint density at radius 1 is 1.09 bits per heavy atom. The zero-order valence-electron chi connectivity index (χ0n) is 19.3. The maximum absolute atomic E-state index is 11.3. The fourth-order valence-electron chi connectivity index (χ4n) is 3.62. The maximum Gasteiger partial charge on any atom is 0.307 e. The van der Waals surface area contributed by atoms with Crippen molar-refractivity contribution in [3.05, 3.63) is 54.1 Å². The predicted molar refractivity (Wildman–Crippen MR) is 126 cm³/mol. The lowest BCUT2D eigenvalue weighted by atomic mass is 10.0. The Hall–Kier alpha value is -3.28. The van der Waals surface area contributed by atoms with Crippen molar-refractivity contribution in [2.75, 3.05) is 13.7 Å². The molecule has 0 aliphatic carbocycles. The van der Waals surface area contributed by atoms with E-state index in [0.29, 0.717) is 23.8 Å². The lowest BCUT2D eigenvalue weighted by molar-refractivity contribution is -0.136. The highest BCUT2D eigenvalue weighted by atomic mass is 16.5. The molecule has 170 valence electrons. The summed E-state index contributed by atoms with van der Waals surface area (Å²) in [5.41, 5.74) is 4.19. The molecule has 6 nitrogen and oxygen atoms in total. The maximum atomic E-state index is 11.3. The van der Waals surface area contributed by atoms with Crippen LogP contribution in [0.1, 0.15) is 39.2 Å². The Morgan fingerprint density at radius 2 is 1.88 bits per heavy atom. The van der Waals surface area contributed by atoms with Crippen molar-refractivity contribution in [1.82, 2.24) is 9.78 Å². The van der Waals surface area contributed by atoms with Gasteiger partial charge in [-0.1, -0.05) is 45.4 Å². The SMILES string of the molecule is CCCCOc1ccc(CC(=O)O)cc1-c1cc(-c2ccccc2OC)n(CC(C)C)n1. The van der Waals surface area contributed by atoms with Gasteiger partial charge >= 0.3 is 5.97 Å². The van der Waals surface area contributed by atoms with Gasteiger partial charge in [-0.25, -0.2) is 0 Å². The van der Waals surface area contributed by atoms with Crippen molar-refractivity contribution in [3.8, 4) is 34.0 Å². The molecule has 0 fully saturated rings. The van der Waals surface area contributed by atoms with Gasteiger partial charge in [0.15, 0.2) is 0 Å². The minimum Gasteiger partial charge on any atom is -0.496 e. The van der Waals surface area contributed by atoms with E-state index in [9.17, 15) is 9.90 Å². The molecule has 0 saturated carbocycles. The highest BCUT2D eigenvalue weighted by molar-refractivity contribution is 5.77. The van der Waals surface area contributed by atoms with Gasteiger partial charge in [0.1, 0.15) is 11.5 Å². The van der Waals surface area contributed by atoms with E-state index < -0.39 is 5.97 Å². The normalized spacial score (nSPS) is 11.0. The van der Waals surface area contributed by atoms with Crippen LogP contribution in [0.25, 0.3) is 22.5 Å². The van der Waals surface area contributed by atoms with Gasteiger partial charge in [-0.15, -0.1) is 0 Å². The smallest absolute Gasteiger partial charge is 0.307 e. The number of methoxy groups -OCH3 is 1. The number of nitrogens with zero attached hydrogens (tertiary/aromatic N) is 2. The Balaban J connectivity index is 2.13. The molecular weight excluding hydrogens is 404 g/mol. The number of carboxylic acids is 1. The van der Waals surface area contributed by atoms with Crippen LogP contribution in [0.2, 0.25) is 0 Å². The van der Waals surface area contributed by atoms with Crippen LogP contribution in [0.15, 0.2) is 48.5 Å². The number of para-hydroxylation sites is 1. The molecule has 0 saturated heterocycles. The number of carbonyl (C=O) groups is 1. The highest BCUT2D eigenvalue weighted by Gasteiger charge is 2.19. The molecule has 1 aromatic heterocycles. The third kappa shape index (κ3) is 5.69. The van der Waals surface area contributed by atoms with Crippen molar-refractivity contribution in [2.45, 2.75) is 46.6 Å². The van der Waals surface area contributed by atoms with E-state index in [2.05, 4.69) is 20.8 Å². The first-order valence-electron chi connectivity index (χ1n) is 11.1. The Bertz CT molecular complexity index is 1060. The van der Waals surface area contributed by atoms with Crippen LogP contribution in [-0.2, 0) is 17.8 Å². The molecule has 6 heteroatoms. The Labute approximate surface area is 189 Å². The number of ether oxygens (including phenoxy) is 2. The molecule has 3 aromatic rings. The number of benzene rings is 2. The van der Waals surface area contributed by atoms with Gasteiger partial charge in [0.2, 0.25) is 0 Å². The van der Waals surface area contributed by atoms with Gasteiger partial charge in [0.25, 0.3) is 0 Å². The fraction of sp³-hybridized carbons (Fsp3) is 0.385. The predicted octanol–water partition coefficient (Wildman–Crippen LogP) is 5.69. The molecule has 0 atom stereocenters. The number of unbranched alkanes of at least 4 members (excludes halogenated alkanes) is 1. The molecule has 1 heterocycles. The van der Waals surface area contributed by atoms with Crippen LogP contribution in [0.3, 0.4) is 0 Å². The summed E-state index contributed by atoms with van der Waals surface area (Å²) in [4.78, 5) is 11.3. The van der Waals surface area contributed by atoms with E-state index in [4.69, 9.17) is 14.6 Å². The second-order valence-corrected chi connectivity index (χ2v) is 8.29. The first-order valence-corrected chi connectivity index (χ1v) is 11.1. The molecule has 0 amide bonds. The van der Waals surface area contributed by atoms with Gasteiger partial charge < -0.3 is 14.6 Å². The second-order valence-electron chi connectivity index (χ2n) is 8.29. The summed E-state index contributed by atoms with van der Waals surface area (Å²) in [6.45, 7) is 7.77. The zero-order chi connectivity index (χ0) is 23.1. The molecule has 0 aliphatic heterocycles. The third-order valence-electron chi connectivity index (χ3n) is 5.13. The van der Waals surface area contributed by atoms with E-state index in [1.165, 1.54) is 0 Å². The molecule has 0 radical (unpaired) electrons. The van der Waals surface area contributed by atoms with Crippen LogP contribution >= 0.6 is 0 Å². The molecule has 2 aromatic carbocycles. The Kier molecular flexibility index (Phi) is 7.92. The number of hydrogen-bond donors (Lipinski definition) is 1. The molecular formula is C26H32N2O4. The van der Waals surface area contributed by atoms with Crippen LogP contribution < -0.4 is 9.47 Å². The lowest BCUT2D eigenvalue weighted by Gasteiger charge is -2.12. The first-order chi connectivity index (χ1) is 15.4. The topological polar surface area (TPSA) is 73.6 Å². The van der Waals surface area contributed by atoms with Gasteiger partial charge in [0, 0.05) is 17.7 Å². The summed E-state index contributed by atoms with van der Waals surface area (Å²) in [6.07, 6.45) is 1.94. The standard InChI is InChI=1S/C26H32N2O4/c1-5-6-13-32-25-12-11-19(15-26(29)30)14-21(25)22-16-23(28(27-22)17-18(2)3)20-9-7-8-10-24(20)31-4/h7-12,14,16,18H,5-6,13,15,17H2,1-4H3,(H,29,30). The van der Waals surface area contributed by atoms with Gasteiger partial charge in [-0.3, -0.25) is 9.48 Å². The van der Waals surface area contributed by atoms with Crippen molar-refractivity contribution in [3.63, 3.8) is 0 Å². The van der Waals surface area contributed by atoms with Crippen LogP contribution in [-0.4, -0.2) is 34.6 Å². The van der Waals surface area contributed by atoms with Crippen molar-refractivity contribution < 1.29 is 19.4 Å². The first kappa shape index (κ1) is 23.4. The zero-order valence-corrected chi connectivity index (χ0v) is 19.3. The van der Waals surface area contributed by atoms with E-state index >= 15 is 0 Å². The van der Waals surface area contributed by atoms with E-state index in [1.54, 1.807) is 7.11 Å². The summed E-state index contributed by atoms with van der Waals surface area (Å²) in [5.74, 6) is 1.03. The molecule has 3 rings (SSSR count). The van der Waals surface area contributed by atoms with Crippen LogP contribution in [0, 0.1) is 5.92 Å². The Morgan fingerprint density at radius 3 is 2.56 bits per heavy atom. The van der Waals surface area contributed by atoms with Crippen molar-refractivity contribution >= 4 is 5.97 Å². The summed E-state index contributed by atoms with van der Waals surface area (Å²) >= 11 is 0. The van der Waals surface area contributed by atoms with Crippen LogP contribution in [0.5, 0.6) is 11.5 Å². The number of carboxylic acid groups (broad SMARTS) is 1. The number of aromatic nitrogens is 2. The molecule has 32 heavy (non-hydrogen) atoms. The third-order valence-corrected chi connectivity index (χ3v) is 5.13. The summed E-state index contributed by atoms with van der Waals surface area (Å²) in [6, 6.07) is 15.5. The fourth-order valence-corrected chi connectivity index (χ4v) is 3.62. The van der Waals surface area contributed by atoms with Gasteiger partial charge in [-0.05, 0) is 48.2 Å². The largest absolute Gasteiger partial charge is 0.496 e. The summed E-state index contributed by atoms with van der Waals surface area (Å²) in [7, 11) is 1.66. The van der Waals surface area contributed by atoms with E-state index in [0.717, 1.165) is 47.7 Å². The van der Waals surface area contributed by atoms with E-state index in [1.807, 2.05) is 53.2 Å². The highest BCUT2D eigenvalue weighted by Crippen LogP contribution is 2.36. The van der Waals surface area contributed by atoms with E-state index in [-0.39, 0.29) is 6.42 Å². The van der Waals surface area contributed by atoms with Crippen LogP contribution in [0.4, 0.5) is 0 Å². The average molecular weight is 437 g/mol.